The zero-order valence-corrected chi connectivity index (χ0v) is 28.0. The highest BCUT2D eigenvalue weighted by Gasteiger charge is 2.54. The molecule has 2 aliphatic rings. The van der Waals surface area contributed by atoms with Crippen LogP contribution >= 0.6 is 0 Å². The smallest absolute Gasteiger partial charge is 0.407 e. The Morgan fingerprint density at radius 1 is 1.16 bits per heavy atom. The second-order valence-electron chi connectivity index (χ2n) is 12.8. The van der Waals surface area contributed by atoms with Crippen molar-refractivity contribution in [3.63, 3.8) is 0 Å². The molecule has 0 radical (unpaired) electrons. The van der Waals surface area contributed by atoms with Gasteiger partial charge in [0, 0.05) is 24.7 Å². The van der Waals surface area contributed by atoms with Gasteiger partial charge in [0.1, 0.15) is 23.1 Å². The standard InChI is InChI=1S/C32H43F3N6O3Si/c1-8-45(9-2,10-3)44-31(6,7)32(34,35)26-13-11-12-24(27(26)33)19(4)37-29-25-15-21(16-36-28(25)38-20(5)39-29)40-17-23-14-22(40)18-41(23)30(42)43/h11-13,15-16,19,22-23H,8-10,14,17-18H2,1-7H3,(H,42,43)(H,36,37,38,39)/t19-,22+,23+/m1/s1. The molecule has 0 spiro atoms. The first kappa shape index (κ1) is 32.9. The number of rotatable bonds is 11. The molecule has 2 saturated heterocycles. The highest BCUT2D eigenvalue weighted by atomic mass is 28.4. The lowest BCUT2D eigenvalue weighted by molar-refractivity contribution is -0.161. The number of hydrogen-bond acceptors (Lipinski definition) is 7. The van der Waals surface area contributed by atoms with Crippen molar-refractivity contribution in [2.75, 3.05) is 23.3 Å². The normalized spacial score (nSPS) is 19.4. The van der Waals surface area contributed by atoms with Gasteiger partial charge in [-0.25, -0.2) is 24.1 Å². The zero-order chi connectivity index (χ0) is 32.9. The molecule has 2 aliphatic heterocycles. The molecule has 5 rings (SSSR count). The molecule has 4 heterocycles. The van der Waals surface area contributed by atoms with Gasteiger partial charge in [0.2, 0.25) is 0 Å². The Morgan fingerprint density at radius 3 is 2.44 bits per heavy atom. The summed E-state index contributed by atoms with van der Waals surface area (Å²) < 4.78 is 54.7. The van der Waals surface area contributed by atoms with E-state index in [-0.39, 0.29) is 17.6 Å². The zero-order valence-electron chi connectivity index (χ0n) is 27.0. The van der Waals surface area contributed by atoms with Gasteiger partial charge in [0.25, 0.3) is 0 Å². The Kier molecular flexibility index (Phi) is 8.82. The molecule has 13 heteroatoms. The quantitative estimate of drug-likeness (QED) is 0.207. The molecule has 1 aromatic carbocycles. The van der Waals surface area contributed by atoms with Crippen LogP contribution in [0.25, 0.3) is 11.0 Å². The highest BCUT2D eigenvalue weighted by molar-refractivity contribution is 6.73. The number of pyridine rings is 1. The number of piperazine rings is 1. The predicted octanol–water partition coefficient (Wildman–Crippen LogP) is 7.48. The maximum atomic E-state index is 16.2. The largest absolute Gasteiger partial charge is 0.465 e. The van der Waals surface area contributed by atoms with Crippen LogP contribution in [0.5, 0.6) is 0 Å². The fourth-order valence-corrected chi connectivity index (χ4v) is 10.0. The maximum absolute atomic E-state index is 16.2. The van der Waals surface area contributed by atoms with Crippen molar-refractivity contribution in [2.24, 2.45) is 0 Å². The summed E-state index contributed by atoms with van der Waals surface area (Å²) in [4.78, 5) is 28.8. The lowest BCUT2D eigenvalue weighted by Gasteiger charge is -2.42. The van der Waals surface area contributed by atoms with Crippen LogP contribution in [0.3, 0.4) is 0 Å². The van der Waals surface area contributed by atoms with Crippen molar-refractivity contribution < 1.29 is 27.5 Å². The number of alkyl halides is 2. The molecule has 0 saturated carbocycles. The first-order valence-corrected chi connectivity index (χ1v) is 18.2. The number of aryl methyl sites for hydroxylation is 1. The Bertz CT molecular complexity index is 1580. The number of nitrogens with zero attached hydrogens (tertiary/aromatic N) is 5. The molecule has 2 aromatic heterocycles. The minimum absolute atomic E-state index is 0.0404. The molecule has 9 nitrogen and oxygen atoms in total. The summed E-state index contributed by atoms with van der Waals surface area (Å²) in [6, 6.07) is 7.32. The van der Waals surface area contributed by atoms with Gasteiger partial charge in [-0.2, -0.15) is 8.78 Å². The van der Waals surface area contributed by atoms with Crippen molar-refractivity contribution in [3.8, 4) is 0 Å². The van der Waals surface area contributed by atoms with Gasteiger partial charge in [-0.1, -0.05) is 32.9 Å². The first-order chi connectivity index (χ1) is 21.2. The minimum Gasteiger partial charge on any atom is -0.465 e. The van der Waals surface area contributed by atoms with Crippen LogP contribution in [0.15, 0.2) is 30.5 Å². The summed E-state index contributed by atoms with van der Waals surface area (Å²) in [7, 11) is -2.43. The van der Waals surface area contributed by atoms with Gasteiger partial charge >= 0.3 is 12.0 Å². The molecule has 244 valence electrons. The summed E-state index contributed by atoms with van der Waals surface area (Å²) in [5, 5.41) is 13.3. The number of amides is 1. The molecule has 1 amide bonds. The van der Waals surface area contributed by atoms with E-state index in [9.17, 15) is 9.90 Å². The van der Waals surface area contributed by atoms with E-state index in [1.165, 1.54) is 30.9 Å². The molecule has 3 aromatic rings. The Balaban J connectivity index is 1.44. The van der Waals surface area contributed by atoms with E-state index >= 15 is 13.2 Å². The molecule has 2 bridgehead atoms. The van der Waals surface area contributed by atoms with Crippen molar-refractivity contribution >= 4 is 36.9 Å². The number of nitrogens with one attached hydrogen (secondary N) is 1. The van der Waals surface area contributed by atoms with E-state index in [2.05, 4.69) is 25.2 Å². The van der Waals surface area contributed by atoms with Crippen LogP contribution in [-0.2, 0) is 10.3 Å². The highest BCUT2D eigenvalue weighted by Crippen LogP contribution is 2.46. The summed E-state index contributed by atoms with van der Waals surface area (Å²) in [6.07, 6.45) is 1.55. The van der Waals surface area contributed by atoms with Gasteiger partial charge in [-0.15, -0.1) is 0 Å². The fraction of sp³-hybridized carbons (Fsp3) is 0.562. The summed E-state index contributed by atoms with van der Waals surface area (Å²) >= 11 is 0. The van der Waals surface area contributed by atoms with E-state index in [0.717, 1.165) is 18.2 Å². The third-order valence-corrected chi connectivity index (χ3v) is 14.6. The summed E-state index contributed by atoms with van der Waals surface area (Å²) in [6.45, 7) is 13.0. The topological polar surface area (TPSA) is 104 Å². The monoisotopic (exact) mass is 644 g/mol. The Labute approximate surface area is 263 Å². The van der Waals surface area contributed by atoms with Crippen LogP contribution in [0, 0.1) is 12.7 Å². The van der Waals surface area contributed by atoms with Gasteiger partial charge < -0.3 is 24.6 Å². The molecular weight excluding hydrogens is 601 g/mol. The average molecular weight is 645 g/mol. The minimum atomic E-state index is -3.59. The molecule has 0 aliphatic carbocycles. The van der Waals surface area contributed by atoms with Gasteiger partial charge in [0.05, 0.1) is 34.9 Å². The Morgan fingerprint density at radius 2 is 1.84 bits per heavy atom. The van der Waals surface area contributed by atoms with E-state index in [1.807, 2.05) is 26.8 Å². The van der Waals surface area contributed by atoms with Crippen LogP contribution < -0.4 is 10.2 Å². The van der Waals surface area contributed by atoms with E-state index in [1.54, 1.807) is 20.0 Å². The van der Waals surface area contributed by atoms with Crippen molar-refractivity contribution in [1.82, 2.24) is 19.9 Å². The number of carbonyl (C=O) groups is 1. The number of fused-ring (bicyclic) bond motifs is 3. The van der Waals surface area contributed by atoms with Crippen LogP contribution in [0.2, 0.25) is 18.1 Å². The van der Waals surface area contributed by atoms with E-state index in [4.69, 9.17) is 4.43 Å². The Hall–Kier alpha value is -3.45. The van der Waals surface area contributed by atoms with E-state index in [0.29, 0.717) is 53.9 Å². The van der Waals surface area contributed by atoms with Crippen molar-refractivity contribution in [2.45, 2.75) is 103 Å². The number of benzene rings is 1. The molecule has 45 heavy (non-hydrogen) atoms. The fourth-order valence-electron chi connectivity index (χ4n) is 6.90. The third kappa shape index (κ3) is 5.84. The molecule has 3 atom stereocenters. The maximum Gasteiger partial charge on any atom is 0.407 e. The van der Waals surface area contributed by atoms with Crippen molar-refractivity contribution in [3.05, 3.63) is 53.2 Å². The number of halogens is 3. The lowest BCUT2D eigenvalue weighted by Crippen LogP contribution is -2.52. The molecule has 2 fully saturated rings. The average Bonchev–Trinajstić information content (AvgIpc) is 3.61. The predicted molar refractivity (Wildman–Crippen MR) is 171 cm³/mol. The second kappa shape index (κ2) is 12.0. The number of likely N-dealkylation sites (tertiary alicyclic amines) is 1. The summed E-state index contributed by atoms with van der Waals surface area (Å²) in [5.74, 6) is -3.72. The SMILES string of the molecule is CC[Si](CC)(CC)OC(C)(C)C(F)(F)c1cccc([C@@H](C)Nc2nc(C)nc3ncc(N4C[C@@H]5C[C@H]4CN5C(=O)O)cc23)c1F. The van der Waals surface area contributed by atoms with Gasteiger partial charge in [0.15, 0.2) is 14.0 Å². The molecule has 0 unspecified atom stereocenters. The van der Waals surface area contributed by atoms with Crippen LogP contribution in [0.1, 0.15) is 71.0 Å². The lowest BCUT2D eigenvalue weighted by atomic mass is 9.91. The second-order valence-corrected chi connectivity index (χ2v) is 17.5. The van der Waals surface area contributed by atoms with Crippen molar-refractivity contribution in [1.29, 1.82) is 0 Å². The number of carboxylic acid groups (broad SMARTS) is 1. The van der Waals surface area contributed by atoms with Gasteiger partial charge in [-0.05, 0) is 64.4 Å². The first-order valence-electron chi connectivity index (χ1n) is 15.7. The van der Waals surface area contributed by atoms with E-state index < -0.39 is 43.4 Å². The van der Waals surface area contributed by atoms with Gasteiger partial charge in [-0.3, -0.25) is 0 Å². The number of anilines is 2. The summed E-state index contributed by atoms with van der Waals surface area (Å²) in [5.41, 5.74) is -1.28. The third-order valence-electron chi connectivity index (χ3n) is 9.81. The number of aromatic nitrogens is 3. The number of hydrogen-bond donors (Lipinski definition) is 2. The molecular formula is C32H43F3N6O3Si. The molecule has 2 N–H and O–H groups in total. The van der Waals surface area contributed by atoms with Crippen LogP contribution in [0.4, 0.5) is 29.5 Å². The van der Waals surface area contributed by atoms with Crippen LogP contribution in [-0.4, -0.2) is 70.1 Å².